The predicted molar refractivity (Wildman–Crippen MR) is 105 cm³/mol. The Morgan fingerprint density at radius 1 is 1.04 bits per heavy atom. The quantitative estimate of drug-likeness (QED) is 0.898. The maximum atomic E-state index is 12.6. The fourth-order valence-electron chi connectivity index (χ4n) is 4.04. The van der Waals surface area contributed by atoms with E-state index in [9.17, 15) is 9.59 Å². The molecule has 3 amide bonds. The van der Waals surface area contributed by atoms with Gasteiger partial charge in [0, 0.05) is 45.8 Å². The zero-order valence-electron chi connectivity index (χ0n) is 15.7. The van der Waals surface area contributed by atoms with E-state index in [0.29, 0.717) is 13.1 Å². The number of fused-ring (bicyclic) bond motifs is 1. The van der Waals surface area contributed by atoms with Gasteiger partial charge in [-0.2, -0.15) is 0 Å². The molecule has 2 aromatic rings. The van der Waals surface area contributed by atoms with Gasteiger partial charge in [0.2, 0.25) is 5.91 Å². The first-order valence-electron chi connectivity index (χ1n) is 9.66. The molecule has 6 nitrogen and oxygen atoms in total. The Hall–Kier alpha value is -2.44. The minimum absolute atomic E-state index is 0.0903. The molecule has 1 N–H and O–H groups in total. The topological polar surface area (TPSA) is 55.9 Å². The van der Waals surface area contributed by atoms with Gasteiger partial charge < -0.3 is 5.32 Å². The molecule has 2 aromatic carbocycles. The normalized spacial score (nSPS) is 20.0. The van der Waals surface area contributed by atoms with Gasteiger partial charge in [0.25, 0.3) is 0 Å². The van der Waals surface area contributed by atoms with Crippen molar-refractivity contribution < 1.29 is 9.59 Å². The SMILES string of the molecule is C[C@H](C(=O)N1CCNC1=O)N1CCN(Cc2cccc3ccccc23)CC1. The number of amides is 3. The van der Waals surface area contributed by atoms with Gasteiger partial charge in [-0.3, -0.25) is 19.5 Å². The van der Waals surface area contributed by atoms with Crippen molar-refractivity contribution in [1.29, 1.82) is 0 Å². The summed E-state index contributed by atoms with van der Waals surface area (Å²) in [6, 6.07) is 14.5. The first kappa shape index (κ1) is 17.9. The van der Waals surface area contributed by atoms with E-state index in [1.165, 1.54) is 21.2 Å². The fourth-order valence-corrected chi connectivity index (χ4v) is 4.04. The highest BCUT2D eigenvalue weighted by molar-refractivity contribution is 5.98. The van der Waals surface area contributed by atoms with Gasteiger partial charge in [0.05, 0.1) is 6.04 Å². The van der Waals surface area contributed by atoms with Crippen LogP contribution in [0.15, 0.2) is 42.5 Å². The summed E-state index contributed by atoms with van der Waals surface area (Å²) in [6.45, 7) is 7.39. The molecule has 6 heteroatoms. The van der Waals surface area contributed by atoms with Crippen molar-refractivity contribution >= 4 is 22.7 Å². The molecule has 0 unspecified atom stereocenters. The first-order valence-corrected chi connectivity index (χ1v) is 9.66. The van der Waals surface area contributed by atoms with E-state index in [1.54, 1.807) is 0 Å². The number of benzene rings is 2. The summed E-state index contributed by atoms with van der Waals surface area (Å²) >= 11 is 0. The number of rotatable bonds is 4. The molecule has 0 aromatic heterocycles. The third kappa shape index (κ3) is 3.68. The Kier molecular flexibility index (Phi) is 5.09. The van der Waals surface area contributed by atoms with Crippen molar-refractivity contribution in [3.05, 3.63) is 48.0 Å². The maximum absolute atomic E-state index is 12.6. The van der Waals surface area contributed by atoms with Crippen molar-refractivity contribution in [2.75, 3.05) is 39.3 Å². The summed E-state index contributed by atoms with van der Waals surface area (Å²) < 4.78 is 0. The minimum Gasteiger partial charge on any atom is -0.336 e. The average molecular weight is 366 g/mol. The standard InChI is InChI=1S/C21H26N4O2/c1-16(20(26)25-10-9-22-21(25)27)24-13-11-23(12-14-24)15-18-7-4-6-17-5-2-3-8-19(17)18/h2-8,16H,9-15H2,1H3,(H,22,27)/t16-/m1/s1. The number of hydrogen-bond acceptors (Lipinski definition) is 4. The number of hydrogen-bond donors (Lipinski definition) is 1. The largest absolute Gasteiger partial charge is 0.336 e. The Balaban J connectivity index is 1.36. The van der Waals surface area contributed by atoms with Crippen molar-refractivity contribution in [2.45, 2.75) is 19.5 Å². The number of carbonyl (C=O) groups is 2. The molecule has 2 saturated heterocycles. The lowest BCUT2D eigenvalue weighted by molar-refractivity contribution is -0.133. The average Bonchev–Trinajstić information content (AvgIpc) is 3.13. The van der Waals surface area contributed by atoms with Crippen molar-refractivity contribution in [3.63, 3.8) is 0 Å². The molecule has 0 bridgehead atoms. The van der Waals surface area contributed by atoms with Crippen LogP contribution in [0.2, 0.25) is 0 Å². The number of carbonyl (C=O) groups excluding carboxylic acids is 2. The van der Waals surface area contributed by atoms with Crippen LogP contribution in [0.25, 0.3) is 10.8 Å². The van der Waals surface area contributed by atoms with Crippen molar-refractivity contribution in [3.8, 4) is 0 Å². The molecule has 0 aliphatic carbocycles. The Morgan fingerprint density at radius 3 is 2.52 bits per heavy atom. The van der Waals surface area contributed by atoms with Crippen molar-refractivity contribution in [2.24, 2.45) is 0 Å². The van der Waals surface area contributed by atoms with Crippen molar-refractivity contribution in [1.82, 2.24) is 20.0 Å². The van der Waals surface area contributed by atoms with Gasteiger partial charge in [-0.15, -0.1) is 0 Å². The summed E-state index contributed by atoms with van der Waals surface area (Å²) in [5.74, 6) is -0.0903. The smallest absolute Gasteiger partial charge is 0.324 e. The van der Waals surface area contributed by atoms with E-state index in [4.69, 9.17) is 0 Å². The van der Waals surface area contributed by atoms with Gasteiger partial charge >= 0.3 is 6.03 Å². The minimum atomic E-state index is -0.263. The van der Waals surface area contributed by atoms with E-state index < -0.39 is 0 Å². The number of nitrogens with one attached hydrogen (secondary N) is 1. The number of imide groups is 1. The van der Waals surface area contributed by atoms with Crippen LogP contribution in [-0.4, -0.2) is 71.9 Å². The summed E-state index contributed by atoms with van der Waals surface area (Å²) in [5, 5.41) is 5.28. The molecule has 142 valence electrons. The van der Waals surface area contributed by atoms with Gasteiger partial charge in [-0.05, 0) is 23.3 Å². The van der Waals surface area contributed by atoms with E-state index in [2.05, 4.69) is 57.6 Å². The molecule has 2 fully saturated rings. The molecule has 2 aliphatic rings. The highest BCUT2D eigenvalue weighted by Gasteiger charge is 2.33. The van der Waals surface area contributed by atoms with Crippen LogP contribution in [0.1, 0.15) is 12.5 Å². The fraction of sp³-hybridized carbons (Fsp3) is 0.429. The second-order valence-electron chi connectivity index (χ2n) is 7.35. The predicted octanol–water partition coefficient (Wildman–Crippen LogP) is 1.90. The maximum Gasteiger partial charge on any atom is 0.324 e. The number of nitrogens with zero attached hydrogens (tertiary/aromatic N) is 3. The molecule has 2 heterocycles. The Morgan fingerprint density at radius 2 is 1.78 bits per heavy atom. The Labute approximate surface area is 159 Å². The molecule has 0 radical (unpaired) electrons. The summed E-state index contributed by atoms with van der Waals surface area (Å²) in [7, 11) is 0. The summed E-state index contributed by atoms with van der Waals surface area (Å²) in [6.07, 6.45) is 0. The molecular formula is C21H26N4O2. The zero-order valence-corrected chi connectivity index (χ0v) is 15.7. The zero-order chi connectivity index (χ0) is 18.8. The van der Waals surface area contributed by atoms with Crippen LogP contribution in [0.3, 0.4) is 0 Å². The number of urea groups is 1. The monoisotopic (exact) mass is 366 g/mol. The molecule has 0 spiro atoms. The van der Waals surface area contributed by atoms with E-state index in [0.717, 1.165) is 32.7 Å². The summed E-state index contributed by atoms with van der Waals surface area (Å²) in [5.41, 5.74) is 1.35. The van der Waals surface area contributed by atoms with Crippen LogP contribution in [0.4, 0.5) is 4.79 Å². The van der Waals surface area contributed by atoms with Crippen LogP contribution in [-0.2, 0) is 11.3 Å². The Bertz CT molecular complexity index is 840. The molecule has 27 heavy (non-hydrogen) atoms. The molecule has 0 saturated carbocycles. The van der Waals surface area contributed by atoms with Gasteiger partial charge in [-0.25, -0.2) is 4.79 Å². The highest BCUT2D eigenvalue weighted by atomic mass is 16.2. The van der Waals surface area contributed by atoms with E-state index >= 15 is 0 Å². The van der Waals surface area contributed by atoms with Crippen LogP contribution in [0, 0.1) is 0 Å². The van der Waals surface area contributed by atoms with Gasteiger partial charge in [0.15, 0.2) is 0 Å². The van der Waals surface area contributed by atoms with Gasteiger partial charge in [0.1, 0.15) is 0 Å². The van der Waals surface area contributed by atoms with Crippen LogP contribution >= 0.6 is 0 Å². The van der Waals surface area contributed by atoms with Crippen LogP contribution < -0.4 is 5.32 Å². The lowest BCUT2D eigenvalue weighted by atomic mass is 10.0. The number of piperazine rings is 1. The summed E-state index contributed by atoms with van der Waals surface area (Å²) in [4.78, 5) is 30.3. The molecular weight excluding hydrogens is 340 g/mol. The second kappa shape index (κ2) is 7.66. The third-order valence-corrected chi connectivity index (χ3v) is 5.71. The van der Waals surface area contributed by atoms with Gasteiger partial charge in [-0.1, -0.05) is 42.5 Å². The van der Waals surface area contributed by atoms with E-state index in [-0.39, 0.29) is 18.0 Å². The first-order chi connectivity index (χ1) is 13.1. The lowest BCUT2D eigenvalue weighted by Gasteiger charge is -2.38. The second-order valence-corrected chi connectivity index (χ2v) is 7.35. The molecule has 1 atom stereocenters. The van der Waals surface area contributed by atoms with E-state index in [1.807, 2.05) is 6.92 Å². The van der Waals surface area contributed by atoms with Crippen LogP contribution in [0.5, 0.6) is 0 Å². The molecule has 2 aliphatic heterocycles. The lowest BCUT2D eigenvalue weighted by Crippen LogP contribution is -2.54. The molecule has 4 rings (SSSR count). The third-order valence-electron chi connectivity index (χ3n) is 5.71. The highest BCUT2D eigenvalue weighted by Crippen LogP contribution is 2.21.